The molecule has 2 aromatic carbocycles. The lowest BCUT2D eigenvalue weighted by molar-refractivity contribution is 0.0677. The molecule has 0 spiro atoms. The van der Waals surface area contributed by atoms with E-state index in [0.29, 0.717) is 35.8 Å². The molecule has 2 fully saturated rings. The quantitative estimate of drug-likeness (QED) is 0.265. The SMILES string of the molecule is Cc1c(-c2ccc(N3CCC([Si]C(=O)O)C3)cc2F)nc2c(C3CC3)cc(C(=O)N3CCc4ccccc4[C@H]3C)cn12. The highest BCUT2D eigenvalue weighted by molar-refractivity contribution is 6.72. The van der Waals surface area contributed by atoms with Crippen LogP contribution < -0.4 is 4.90 Å². The molecule has 1 amide bonds. The molecule has 214 valence electrons. The van der Waals surface area contributed by atoms with Crippen molar-refractivity contribution in [1.29, 1.82) is 0 Å². The number of halogens is 1. The molecular formula is C33H33FN4O3Si. The average molecular weight is 581 g/mol. The molecule has 1 saturated heterocycles. The number of nitrogens with zero attached hydrogens (tertiary/aromatic N) is 4. The van der Waals surface area contributed by atoms with Gasteiger partial charge in [-0.25, -0.2) is 9.37 Å². The minimum absolute atomic E-state index is 0.00920. The van der Waals surface area contributed by atoms with Gasteiger partial charge in [0.15, 0.2) is 9.52 Å². The third-order valence-corrected chi connectivity index (χ3v) is 10.3. The van der Waals surface area contributed by atoms with Crippen LogP contribution in [0.4, 0.5) is 14.9 Å². The van der Waals surface area contributed by atoms with Gasteiger partial charge in [-0.1, -0.05) is 24.3 Å². The van der Waals surface area contributed by atoms with Crippen molar-refractivity contribution >= 4 is 32.4 Å². The van der Waals surface area contributed by atoms with Crippen molar-refractivity contribution in [3.63, 3.8) is 0 Å². The maximum absolute atomic E-state index is 15.7. The number of amides is 1. The Morgan fingerprint density at radius 2 is 1.86 bits per heavy atom. The van der Waals surface area contributed by atoms with Gasteiger partial charge in [-0.15, -0.1) is 0 Å². The van der Waals surface area contributed by atoms with E-state index in [1.165, 1.54) is 17.2 Å². The van der Waals surface area contributed by atoms with Crippen LogP contribution in [0.5, 0.6) is 0 Å². The molecular weight excluding hydrogens is 547 g/mol. The zero-order valence-corrected chi connectivity index (χ0v) is 24.8. The van der Waals surface area contributed by atoms with Gasteiger partial charge < -0.3 is 19.3 Å². The first kappa shape index (κ1) is 26.9. The summed E-state index contributed by atoms with van der Waals surface area (Å²) in [6.45, 7) is 6.05. The third-order valence-electron chi connectivity index (χ3n) is 9.20. The number of pyridine rings is 1. The fourth-order valence-corrected chi connectivity index (χ4v) is 7.68. The lowest BCUT2D eigenvalue weighted by Crippen LogP contribution is -2.39. The minimum Gasteiger partial charge on any atom is -0.486 e. The molecule has 4 aromatic rings. The Kier molecular flexibility index (Phi) is 6.64. The summed E-state index contributed by atoms with van der Waals surface area (Å²) in [6.07, 6.45) is 5.64. The van der Waals surface area contributed by atoms with Crippen molar-refractivity contribution in [2.45, 2.75) is 57.0 Å². The Bertz CT molecular complexity index is 1730. The number of aryl methyl sites for hydroxylation is 1. The molecule has 9 heteroatoms. The van der Waals surface area contributed by atoms with Gasteiger partial charge >= 0.3 is 0 Å². The van der Waals surface area contributed by atoms with Crippen LogP contribution in [0.15, 0.2) is 54.7 Å². The van der Waals surface area contributed by atoms with Gasteiger partial charge in [-0.3, -0.25) is 9.59 Å². The summed E-state index contributed by atoms with van der Waals surface area (Å²) in [5.41, 5.74) is 6.90. The Hall–Kier alpha value is -3.98. The first-order chi connectivity index (χ1) is 20.3. The number of carbonyl (C=O) groups excluding carboxylic acids is 1. The van der Waals surface area contributed by atoms with E-state index >= 15 is 4.39 Å². The van der Waals surface area contributed by atoms with Crippen LogP contribution >= 0.6 is 0 Å². The first-order valence-electron chi connectivity index (χ1n) is 14.7. The standard InChI is InChI=1S/C33H33FN4O3Si/c1-19-26-6-4-3-5-21(26)11-14-37(19)32(39)23-15-28(22-7-8-22)31-35-30(20(2)38(31)17-23)27-10-9-24(16-29(27)34)36-13-12-25(18-36)42-33(40)41/h3-6,9-10,15-17,19,22,25H,7-8,11-14,18H2,1-2H3,(H,40,41)/t19-,25?/m1/s1. The van der Waals surface area contributed by atoms with E-state index in [1.54, 1.807) is 6.07 Å². The molecule has 0 bridgehead atoms. The van der Waals surface area contributed by atoms with Crippen molar-refractivity contribution in [1.82, 2.24) is 14.3 Å². The van der Waals surface area contributed by atoms with Gasteiger partial charge in [0, 0.05) is 42.8 Å². The minimum atomic E-state index is -0.767. The van der Waals surface area contributed by atoms with Gasteiger partial charge in [0.25, 0.3) is 11.5 Å². The topological polar surface area (TPSA) is 78.1 Å². The van der Waals surface area contributed by atoms with Gasteiger partial charge in [-0.05, 0) is 91.9 Å². The number of aromatic nitrogens is 2. The average Bonchev–Trinajstić information content (AvgIpc) is 3.64. The molecule has 1 saturated carbocycles. The van der Waals surface area contributed by atoms with Crippen molar-refractivity contribution < 1.29 is 19.1 Å². The number of benzene rings is 2. The van der Waals surface area contributed by atoms with Crippen molar-refractivity contribution in [2.24, 2.45) is 0 Å². The van der Waals surface area contributed by atoms with Crippen LogP contribution in [0, 0.1) is 12.7 Å². The second kappa shape index (κ2) is 10.4. The molecule has 1 aliphatic carbocycles. The fraction of sp³-hybridized carbons (Fsp3) is 0.364. The second-order valence-corrected chi connectivity index (χ2v) is 13.4. The van der Waals surface area contributed by atoms with Crippen LogP contribution in [-0.4, -0.2) is 60.0 Å². The Balaban J connectivity index is 1.22. The normalized spacial score (nSPS) is 20.3. The van der Waals surface area contributed by atoms with E-state index in [1.807, 2.05) is 40.6 Å². The van der Waals surface area contributed by atoms with Gasteiger partial charge in [0.1, 0.15) is 11.5 Å². The van der Waals surface area contributed by atoms with Gasteiger partial charge in [-0.2, -0.15) is 0 Å². The molecule has 1 N–H and O–H groups in total. The Morgan fingerprint density at radius 1 is 1.05 bits per heavy atom. The van der Waals surface area contributed by atoms with Crippen LogP contribution in [0.2, 0.25) is 5.54 Å². The number of anilines is 1. The smallest absolute Gasteiger partial charge is 0.265 e. The van der Waals surface area contributed by atoms with Crippen molar-refractivity contribution in [2.75, 3.05) is 24.5 Å². The Morgan fingerprint density at radius 3 is 2.62 bits per heavy atom. The Labute approximate surface area is 246 Å². The summed E-state index contributed by atoms with van der Waals surface area (Å²) in [5.74, 6) is 0.0166. The fourth-order valence-electron chi connectivity index (χ4n) is 6.75. The van der Waals surface area contributed by atoms with E-state index in [-0.39, 0.29) is 32.8 Å². The third kappa shape index (κ3) is 4.69. The predicted molar refractivity (Wildman–Crippen MR) is 161 cm³/mol. The molecule has 2 radical (unpaired) electrons. The molecule has 3 aliphatic rings. The molecule has 4 heterocycles. The van der Waals surface area contributed by atoms with Crippen molar-refractivity contribution in [3.8, 4) is 11.3 Å². The van der Waals surface area contributed by atoms with Crippen LogP contribution in [0.25, 0.3) is 16.9 Å². The molecule has 2 atom stereocenters. The van der Waals surface area contributed by atoms with E-state index < -0.39 is 5.59 Å². The predicted octanol–water partition coefficient (Wildman–Crippen LogP) is 6.47. The number of carbonyl (C=O) groups is 2. The number of carboxylic acid groups (broad SMARTS) is 1. The van der Waals surface area contributed by atoms with Crippen LogP contribution in [0.1, 0.15) is 70.9 Å². The zero-order chi connectivity index (χ0) is 29.1. The maximum Gasteiger partial charge on any atom is 0.265 e. The number of rotatable bonds is 6. The highest BCUT2D eigenvalue weighted by Crippen LogP contribution is 2.44. The number of fused-ring (bicyclic) bond motifs is 2. The second-order valence-electron chi connectivity index (χ2n) is 11.9. The van der Waals surface area contributed by atoms with E-state index in [4.69, 9.17) is 10.1 Å². The summed E-state index contributed by atoms with van der Waals surface area (Å²) in [7, 11) is -0.130. The molecule has 1 unspecified atom stereocenters. The van der Waals surface area contributed by atoms with Gasteiger partial charge in [0.05, 0.1) is 17.3 Å². The van der Waals surface area contributed by atoms with Crippen molar-refractivity contribution in [3.05, 3.63) is 88.5 Å². The lowest BCUT2D eigenvalue weighted by Gasteiger charge is -2.35. The highest BCUT2D eigenvalue weighted by atomic mass is 28.2. The van der Waals surface area contributed by atoms with Crippen LogP contribution in [0.3, 0.4) is 0 Å². The zero-order valence-electron chi connectivity index (χ0n) is 23.8. The summed E-state index contributed by atoms with van der Waals surface area (Å²) in [4.78, 5) is 34.1. The molecule has 2 aromatic heterocycles. The van der Waals surface area contributed by atoms with Crippen LogP contribution in [-0.2, 0) is 6.42 Å². The first-order valence-corrected chi connectivity index (χ1v) is 15.8. The number of imidazole rings is 1. The maximum atomic E-state index is 15.7. The van der Waals surface area contributed by atoms with Gasteiger partial charge in [0.2, 0.25) is 0 Å². The largest absolute Gasteiger partial charge is 0.486 e. The van der Waals surface area contributed by atoms with E-state index in [9.17, 15) is 9.59 Å². The summed E-state index contributed by atoms with van der Waals surface area (Å²) in [5, 5.41) is 9.15. The molecule has 7 nitrogen and oxygen atoms in total. The monoisotopic (exact) mass is 580 g/mol. The molecule has 42 heavy (non-hydrogen) atoms. The molecule has 7 rings (SSSR count). The number of hydrogen-bond donors (Lipinski definition) is 1. The lowest BCUT2D eigenvalue weighted by atomic mass is 9.93. The molecule has 2 aliphatic heterocycles. The highest BCUT2D eigenvalue weighted by Gasteiger charge is 2.33. The summed E-state index contributed by atoms with van der Waals surface area (Å²) < 4.78 is 17.6. The summed E-state index contributed by atoms with van der Waals surface area (Å²) >= 11 is 0. The number of hydrogen-bond acceptors (Lipinski definition) is 4. The summed E-state index contributed by atoms with van der Waals surface area (Å²) in [6, 6.07) is 15.6. The van der Waals surface area contributed by atoms with E-state index in [2.05, 4.69) is 30.0 Å². The van der Waals surface area contributed by atoms with E-state index in [0.717, 1.165) is 54.8 Å².